The molecule has 0 fully saturated rings. The molecule has 21 heavy (non-hydrogen) atoms. The van der Waals surface area contributed by atoms with E-state index in [0.29, 0.717) is 23.3 Å². The van der Waals surface area contributed by atoms with Gasteiger partial charge in [-0.25, -0.2) is 9.97 Å². The standard InChI is InChI=1S/C13H13BrN6O/c1-7-5-16-11(17-7)2-3-12(21)18-13-8-4-10(14)15-6-9(8)19-20-13/h4-6H,2-3H2,1H3,(H,16,17)(H2,18,19,20,21). The number of halogens is 1. The quantitative estimate of drug-likeness (QED) is 0.630. The molecule has 108 valence electrons. The molecule has 3 aromatic rings. The molecule has 0 aliphatic carbocycles. The minimum Gasteiger partial charge on any atom is -0.346 e. The summed E-state index contributed by atoms with van der Waals surface area (Å²) in [6, 6.07) is 1.81. The number of imidazole rings is 1. The van der Waals surface area contributed by atoms with E-state index in [1.807, 2.05) is 13.0 Å². The van der Waals surface area contributed by atoms with Crippen LogP contribution in [0.5, 0.6) is 0 Å². The maximum Gasteiger partial charge on any atom is 0.226 e. The average molecular weight is 349 g/mol. The topological polar surface area (TPSA) is 99.3 Å². The van der Waals surface area contributed by atoms with Gasteiger partial charge in [-0.2, -0.15) is 5.10 Å². The number of fused-ring (bicyclic) bond motifs is 1. The molecule has 0 aliphatic heterocycles. The fraction of sp³-hybridized carbons (Fsp3) is 0.231. The smallest absolute Gasteiger partial charge is 0.226 e. The number of H-pyrrole nitrogens is 2. The highest BCUT2D eigenvalue weighted by atomic mass is 79.9. The third-order valence-electron chi connectivity index (χ3n) is 3.02. The van der Waals surface area contributed by atoms with Gasteiger partial charge in [0.2, 0.25) is 5.91 Å². The number of aryl methyl sites for hydroxylation is 2. The van der Waals surface area contributed by atoms with E-state index in [1.165, 1.54) is 0 Å². The minimum absolute atomic E-state index is 0.106. The van der Waals surface area contributed by atoms with Crippen molar-refractivity contribution in [2.75, 3.05) is 5.32 Å². The van der Waals surface area contributed by atoms with E-state index in [4.69, 9.17) is 0 Å². The summed E-state index contributed by atoms with van der Waals surface area (Å²) < 4.78 is 0.693. The van der Waals surface area contributed by atoms with Gasteiger partial charge in [0, 0.05) is 30.1 Å². The van der Waals surface area contributed by atoms with E-state index in [1.54, 1.807) is 12.4 Å². The first-order chi connectivity index (χ1) is 10.1. The molecule has 0 atom stereocenters. The van der Waals surface area contributed by atoms with Gasteiger partial charge in [-0.15, -0.1) is 0 Å². The summed E-state index contributed by atoms with van der Waals surface area (Å²) in [7, 11) is 0. The molecule has 3 heterocycles. The number of nitrogens with zero attached hydrogens (tertiary/aromatic N) is 3. The molecule has 1 amide bonds. The number of aromatic nitrogens is 5. The van der Waals surface area contributed by atoms with Gasteiger partial charge in [0.1, 0.15) is 10.4 Å². The lowest BCUT2D eigenvalue weighted by Gasteiger charge is -2.01. The van der Waals surface area contributed by atoms with Crippen molar-refractivity contribution < 1.29 is 4.79 Å². The number of aromatic amines is 2. The van der Waals surface area contributed by atoms with Crippen molar-refractivity contribution >= 4 is 38.6 Å². The van der Waals surface area contributed by atoms with Gasteiger partial charge in [-0.3, -0.25) is 9.89 Å². The van der Waals surface area contributed by atoms with Crippen LogP contribution in [0.3, 0.4) is 0 Å². The molecular weight excluding hydrogens is 336 g/mol. The monoisotopic (exact) mass is 348 g/mol. The zero-order valence-corrected chi connectivity index (χ0v) is 12.9. The van der Waals surface area contributed by atoms with E-state index < -0.39 is 0 Å². The van der Waals surface area contributed by atoms with Gasteiger partial charge in [-0.05, 0) is 28.9 Å². The Bertz CT molecular complexity index is 793. The van der Waals surface area contributed by atoms with Crippen LogP contribution in [0, 0.1) is 6.92 Å². The maximum atomic E-state index is 12.0. The third kappa shape index (κ3) is 3.10. The van der Waals surface area contributed by atoms with Crippen molar-refractivity contribution in [1.29, 1.82) is 0 Å². The van der Waals surface area contributed by atoms with Crippen molar-refractivity contribution in [2.24, 2.45) is 0 Å². The molecule has 0 aliphatic rings. The average Bonchev–Trinajstić information content (AvgIpc) is 3.04. The van der Waals surface area contributed by atoms with Crippen molar-refractivity contribution in [1.82, 2.24) is 25.1 Å². The summed E-state index contributed by atoms with van der Waals surface area (Å²) in [4.78, 5) is 23.4. The second-order valence-corrected chi connectivity index (χ2v) is 5.50. The van der Waals surface area contributed by atoms with Crippen LogP contribution in [0.4, 0.5) is 5.82 Å². The lowest BCUT2D eigenvalue weighted by atomic mass is 10.2. The lowest BCUT2D eigenvalue weighted by molar-refractivity contribution is -0.116. The Hall–Kier alpha value is -2.22. The largest absolute Gasteiger partial charge is 0.346 e. The van der Waals surface area contributed by atoms with Gasteiger partial charge in [0.05, 0.1) is 11.7 Å². The van der Waals surface area contributed by atoms with Crippen molar-refractivity contribution in [3.63, 3.8) is 0 Å². The molecule has 0 bridgehead atoms. The molecule has 7 nitrogen and oxygen atoms in total. The fourth-order valence-corrected chi connectivity index (χ4v) is 2.34. The summed E-state index contributed by atoms with van der Waals surface area (Å²) >= 11 is 3.30. The summed E-state index contributed by atoms with van der Waals surface area (Å²) in [5.74, 6) is 1.21. The van der Waals surface area contributed by atoms with Crippen LogP contribution in [0.25, 0.3) is 10.9 Å². The van der Waals surface area contributed by atoms with Gasteiger partial charge in [0.25, 0.3) is 0 Å². The highest BCUT2D eigenvalue weighted by Gasteiger charge is 2.11. The first kappa shape index (κ1) is 13.7. The molecule has 3 rings (SSSR count). The molecule has 0 aromatic carbocycles. The van der Waals surface area contributed by atoms with E-state index in [9.17, 15) is 4.79 Å². The van der Waals surface area contributed by atoms with Crippen LogP contribution in [-0.4, -0.2) is 31.1 Å². The zero-order chi connectivity index (χ0) is 14.8. The predicted molar refractivity (Wildman–Crippen MR) is 81.9 cm³/mol. The second-order valence-electron chi connectivity index (χ2n) is 4.69. The number of hydrogen-bond donors (Lipinski definition) is 3. The molecule has 3 N–H and O–H groups in total. The summed E-state index contributed by atoms with van der Waals surface area (Å²) in [5.41, 5.74) is 1.76. The van der Waals surface area contributed by atoms with Crippen LogP contribution in [0.2, 0.25) is 0 Å². The first-order valence-electron chi connectivity index (χ1n) is 6.42. The first-order valence-corrected chi connectivity index (χ1v) is 7.21. The Morgan fingerprint density at radius 2 is 2.24 bits per heavy atom. The molecule has 3 aromatic heterocycles. The molecule has 8 heteroatoms. The molecule has 0 unspecified atom stereocenters. The highest BCUT2D eigenvalue weighted by molar-refractivity contribution is 9.10. The molecule has 0 radical (unpaired) electrons. The van der Waals surface area contributed by atoms with Crippen molar-refractivity contribution in [3.05, 3.63) is 34.6 Å². The van der Waals surface area contributed by atoms with Crippen molar-refractivity contribution in [2.45, 2.75) is 19.8 Å². The Labute approximate surface area is 128 Å². The number of carbonyl (C=O) groups is 1. The zero-order valence-electron chi connectivity index (χ0n) is 11.3. The van der Waals surface area contributed by atoms with E-state index in [0.717, 1.165) is 22.4 Å². The number of amides is 1. The fourth-order valence-electron chi connectivity index (χ4n) is 2.01. The van der Waals surface area contributed by atoms with E-state index >= 15 is 0 Å². The number of pyridine rings is 1. The lowest BCUT2D eigenvalue weighted by Crippen LogP contribution is -2.13. The Morgan fingerprint density at radius 1 is 1.38 bits per heavy atom. The summed E-state index contributed by atoms with van der Waals surface area (Å²) in [5, 5.41) is 10.5. The van der Waals surface area contributed by atoms with Crippen LogP contribution in [0.15, 0.2) is 23.1 Å². The van der Waals surface area contributed by atoms with Crippen LogP contribution in [0.1, 0.15) is 17.9 Å². The minimum atomic E-state index is -0.106. The number of anilines is 1. The van der Waals surface area contributed by atoms with Gasteiger partial charge in [-0.1, -0.05) is 0 Å². The second kappa shape index (κ2) is 5.65. The third-order valence-corrected chi connectivity index (χ3v) is 3.45. The van der Waals surface area contributed by atoms with Gasteiger partial charge < -0.3 is 10.3 Å². The summed E-state index contributed by atoms with van der Waals surface area (Å²) in [6.45, 7) is 1.93. The molecule has 0 saturated heterocycles. The highest BCUT2D eigenvalue weighted by Crippen LogP contribution is 2.22. The SMILES string of the molecule is Cc1cnc(CCC(=O)Nc2n[nH]c3cnc(Br)cc23)[nH]1. The van der Waals surface area contributed by atoms with Crippen molar-refractivity contribution in [3.8, 4) is 0 Å². The Morgan fingerprint density at radius 3 is 3.00 bits per heavy atom. The number of hydrogen-bond acceptors (Lipinski definition) is 4. The van der Waals surface area contributed by atoms with Gasteiger partial charge in [0.15, 0.2) is 5.82 Å². The van der Waals surface area contributed by atoms with Gasteiger partial charge >= 0.3 is 0 Å². The Balaban J connectivity index is 1.67. The van der Waals surface area contributed by atoms with Crippen LogP contribution >= 0.6 is 15.9 Å². The van der Waals surface area contributed by atoms with Crippen LogP contribution < -0.4 is 5.32 Å². The molecule has 0 spiro atoms. The van der Waals surface area contributed by atoms with Crippen LogP contribution in [-0.2, 0) is 11.2 Å². The normalized spacial score (nSPS) is 11.0. The van der Waals surface area contributed by atoms with E-state index in [2.05, 4.69) is 46.4 Å². The number of rotatable bonds is 4. The predicted octanol–water partition coefficient (Wildman–Crippen LogP) is 2.32. The van der Waals surface area contributed by atoms with E-state index in [-0.39, 0.29) is 5.91 Å². The maximum absolute atomic E-state index is 12.0. The molecular formula is C13H13BrN6O. The Kier molecular flexibility index (Phi) is 3.70. The number of carbonyl (C=O) groups excluding carboxylic acids is 1. The number of nitrogens with one attached hydrogen (secondary N) is 3. The molecule has 0 saturated carbocycles. The summed E-state index contributed by atoms with van der Waals surface area (Å²) in [6.07, 6.45) is 4.31.